The predicted molar refractivity (Wildman–Crippen MR) is 69.9 cm³/mol. The third-order valence-corrected chi connectivity index (χ3v) is 2.69. The molecule has 2 N–H and O–H groups in total. The molecule has 0 fully saturated rings. The molecule has 0 aliphatic rings. The highest BCUT2D eigenvalue weighted by molar-refractivity contribution is 9.10. The van der Waals surface area contributed by atoms with Gasteiger partial charge in [-0.15, -0.1) is 25.6 Å². The summed E-state index contributed by atoms with van der Waals surface area (Å²) in [6.45, 7) is 1.92. The van der Waals surface area contributed by atoms with Crippen molar-refractivity contribution in [3.63, 3.8) is 0 Å². The van der Waals surface area contributed by atoms with E-state index in [1.165, 1.54) is 12.1 Å². The molecule has 0 unspecified atom stereocenters. The molecule has 0 radical (unpaired) electrons. The van der Waals surface area contributed by atoms with Crippen molar-refractivity contribution in [2.75, 3.05) is 0 Å². The Morgan fingerprint density at radius 3 is 2.50 bits per heavy atom. The van der Waals surface area contributed by atoms with Crippen LogP contribution in [-0.2, 0) is 0 Å². The van der Waals surface area contributed by atoms with Crippen LogP contribution in [0.3, 0.4) is 0 Å². The topological polar surface area (TPSA) is 35.2 Å². The average molecular weight is 349 g/mol. The molecule has 1 aromatic rings. The zero-order chi connectivity index (χ0) is 13.1. The number of benzene rings is 1. The molecular formula is C11H14BrClF3NO. The Morgan fingerprint density at radius 1 is 1.39 bits per heavy atom. The minimum absolute atomic E-state index is 0. The van der Waals surface area contributed by atoms with Gasteiger partial charge in [0, 0.05) is 16.1 Å². The first-order chi connectivity index (χ1) is 7.83. The molecule has 104 valence electrons. The zero-order valence-corrected chi connectivity index (χ0v) is 12.0. The van der Waals surface area contributed by atoms with E-state index >= 15 is 0 Å². The van der Waals surface area contributed by atoms with Crippen molar-refractivity contribution in [3.8, 4) is 5.75 Å². The largest absolute Gasteiger partial charge is 0.573 e. The molecule has 0 aliphatic heterocycles. The highest BCUT2D eigenvalue weighted by atomic mass is 79.9. The van der Waals surface area contributed by atoms with Gasteiger partial charge in [0.25, 0.3) is 0 Å². The van der Waals surface area contributed by atoms with Gasteiger partial charge in [0.1, 0.15) is 5.75 Å². The molecule has 0 saturated carbocycles. The van der Waals surface area contributed by atoms with E-state index in [9.17, 15) is 13.2 Å². The lowest BCUT2D eigenvalue weighted by molar-refractivity contribution is -0.275. The number of alkyl halides is 3. The molecule has 0 saturated heterocycles. The fourth-order valence-corrected chi connectivity index (χ4v) is 1.87. The van der Waals surface area contributed by atoms with E-state index < -0.39 is 12.4 Å². The number of nitrogens with two attached hydrogens (primary N) is 1. The summed E-state index contributed by atoms with van der Waals surface area (Å²) < 4.78 is 41.2. The van der Waals surface area contributed by atoms with E-state index in [0.29, 0.717) is 16.5 Å². The van der Waals surface area contributed by atoms with Gasteiger partial charge in [-0.05, 0) is 24.6 Å². The summed E-state index contributed by atoms with van der Waals surface area (Å²) >= 11 is 3.20. The first-order valence-corrected chi connectivity index (χ1v) is 5.93. The maximum atomic E-state index is 12.2. The quantitative estimate of drug-likeness (QED) is 0.865. The van der Waals surface area contributed by atoms with Crippen molar-refractivity contribution in [2.45, 2.75) is 32.2 Å². The van der Waals surface area contributed by atoms with Crippen molar-refractivity contribution < 1.29 is 17.9 Å². The van der Waals surface area contributed by atoms with Gasteiger partial charge in [-0.3, -0.25) is 0 Å². The molecule has 0 bridgehead atoms. The van der Waals surface area contributed by atoms with E-state index in [1.807, 2.05) is 6.92 Å². The Labute approximate surface area is 118 Å². The van der Waals surface area contributed by atoms with Crippen LogP contribution < -0.4 is 10.5 Å². The maximum Gasteiger partial charge on any atom is 0.573 e. The van der Waals surface area contributed by atoms with Crippen LogP contribution in [0.5, 0.6) is 5.75 Å². The maximum absolute atomic E-state index is 12.2. The highest BCUT2D eigenvalue weighted by Gasteiger charge is 2.32. The van der Waals surface area contributed by atoms with Gasteiger partial charge >= 0.3 is 6.36 Å². The van der Waals surface area contributed by atoms with E-state index in [4.69, 9.17) is 5.73 Å². The summed E-state index contributed by atoms with van der Waals surface area (Å²) in [5.74, 6) is -0.235. The summed E-state index contributed by atoms with van der Waals surface area (Å²) in [6.07, 6.45) is -3.31. The first-order valence-electron chi connectivity index (χ1n) is 5.14. The molecular weight excluding hydrogens is 334 g/mol. The van der Waals surface area contributed by atoms with E-state index in [0.717, 1.165) is 6.42 Å². The van der Waals surface area contributed by atoms with Gasteiger partial charge in [0.15, 0.2) is 0 Å². The predicted octanol–water partition coefficient (Wildman–Crippen LogP) is 4.57. The van der Waals surface area contributed by atoms with Gasteiger partial charge in [-0.25, -0.2) is 0 Å². The lowest BCUT2D eigenvalue weighted by Gasteiger charge is -2.17. The third kappa shape index (κ3) is 5.46. The highest BCUT2D eigenvalue weighted by Crippen LogP contribution is 2.33. The number of ether oxygens (including phenoxy) is 1. The summed E-state index contributed by atoms with van der Waals surface area (Å²) in [5, 5.41) is 0. The van der Waals surface area contributed by atoms with Crippen LogP contribution in [0.4, 0.5) is 13.2 Å². The fourth-order valence-electron chi connectivity index (χ4n) is 1.49. The van der Waals surface area contributed by atoms with Gasteiger partial charge in [-0.2, -0.15) is 0 Å². The Balaban J connectivity index is 0.00000289. The molecule has 0 amide bonds. The summed E-state index contributed by atoms with van der Waals surface area (Å²) in [5.41, 5.74) is 6.19. The van der Waals surface area contributed by atoms with Gasteiger partial charge in [0.2, 0.25) is 0 Å². The molecule has 18 heavy (non-hydrogen) atoms. The standard InChI is InChI=1S/C11H13BrF3NO.ClH/c1-2-3-9(16)8-6-7(12)4-5-10(8)17-11(13,14)15;/h4-6,9H,2-3,16H2,1H3;1H/t9-;/m1./s1. The molecule has 1 aromatic carbocycles. The van der Waals surface area contributed by atoms with Crippen LogP contribution >= 0.6 is 28.3 Å². The Hall–Kier alpha value is -0.460. The van der Waals surface area contributed by atoms with Gasteiger partial charge in [0.05, 0.1) is 0 Å². The molecule has 1 atom stereocenters. The van der Waals surface area contributed by atoms with Crippen molar-refractivity contribution in [1.82, 2.24) is 0 Å². The molecule has 0 heterocycles. The number of rotatable bonds is 4. The smallest absolute Gasteiger partial charge is 0.405 e. The average Bonchev–Trinajstić information content (AvgIpc) is 2.19. The van der Waals surface area contributed by atoms with Crippen LogP contribution in [0.15, 0.2) is 22.7 Å². The van der Waals surface area contributed by atoms with Crippen LogP contribution in [0.2, 0.25) is 0 Å². The van der Waals surface area contributed by atoms with E-state index in [2.05, 4.69) is 20.7 Å². The van der Waals surface area contributed by atoms with Gasteiger partial charge < -0.3 is 10.5 Å². The van der Waals surface area contributed by atoms with E-state index in [1.54, 1.807) is 6.07 Å². The molecule has 2 nitrogen and oxygen atoms in total. The summed E-state index contributed by atoms with van der Waals surface area (Å²) in [6, 6.07) is 3.85. The van der Waals surface area contributed by atoms with Crippen molar-refractivity contribution in [1.29, 1.82) is 0 Å². The first kappa shape index (κ1) is 17.5. The molecule has 1 rings (SSSR count). The second kappa shape index (κ2) is 7.21. The number of halogens is 5. The SMILES string of the molecule is CCC[C@@H](N)c1cc(Br)ccc1OC(F)(F)F.Cl. The van der Waals surface area contributed by atoms with Crippen molar-refractivity contribution in [2.24, 2.45) is 5.73 Å². The number of hydrogen-bond donors (Lipinski definition) is 1. The van der Waals surface area contributed by atoms with Crippen LogP contribution in [0.25, 0.3) is 0 Å². The van der Waals surface area contributed by atoms with Crippen LogP contribution in [0, 0.1) is 0 Å². The molecule has 0 aliphatic carbocycles. The van der Waals surface area contributed by atoms with Crippen molar-refractivity contribution >= 4 is 28.3 Å². The fraction of sp³-hybridized carbons (Fsp3) is 0.455. The zero-order valence-electron chi connectivity index (χ0n) is 9.63. The Morgan fingerprint density at radius 2 is 2.00 bits per heavy atom. The normalized spacial score (nSPS) is 12.8. The second-order valence-electron chi connectivity index (χ2n) is 3.63. The Kier molecular flexibility index (Phi) is 7.02. The summed E-state index contributed by atoms with van der Waals surface area (Å²) in [4.78, 5) is 0. The van der Waals surface area contributed by atoms with Crippen molar-refractivity contribution in [3.05, 3.63) is 28.2 Å². The molecule has 0 spiro atoms. The summed E-state index contributed by atoms with van der Waals surface area (Å²) in [7, 11) is 0. The Bertz CT molecular complexity index is 387. The second-order valence-corrected chi connectivity index (χ2v) is 4.54. The lowest BCUT2D eigenvalue weighted by Crippen LogP contribution is -2.20. The van der Waals surface area contributed by atoms with Crippen LogP contribution in [-0.4, -0.2) is 6.36 Å². The molecule has 0 aromatic heterocycles. The van der Waals surface area contributed by atoms with Crippen LogP contribution in [0.1, 0.15) is 31.4 Å². The minimum Gasteiger partial charge on any atom is -0.405 e. The van der Waals surface area contributed by atoms with Gasteiger partial charge in [-0.1, -0.05) is 29.3 Å². The molecule has 7 heteroatoms. The van der Waals surface area contributed by atoms with E-state index in [-0.39, 0.29) is 18.2 Å². The lowest BCUT2D eigenvalue weighted by atomic mass is 10.0. The third-order valence-electron chi connectivity index (χ3n) is 2.20. The monoisotopic (exact) mass is 347 g/mol. The number of hydrogen-bond acceptors (Lipinski definition) is 2. The minimum atomic E-state index is -4.70.